The topological polar surface area (TPSA) is 120 Å². The Morgan fingerprint density at radius 1 is 1.23 bits per heavy atom. The molecule has 3 heterocycles. The Labute approximate surface area is 179 Å². The lowest BCUT2D eigenvalue weighted by Gasteiger charge is -2.33. The molecule has 0 spiro atoms. The molecule has 9 nitrogen and oxygen atoms in total. The van der Waals surface area contributed by atoms with E-state index in [9.17, 15) is 4.39 Å². The largest absolute Gasteiger partial charge is 0.383 e. The number of nitrogens with two attached hydrogens (primary N) is 1. The Bertz CT molecular complexity index is 1010. The van der Waals surface area contributed by atoms with E-state index in [0.29, 0.717) is 55.2 Å². The van der Waals surface area contributed by atoms with Crippen molar-refractivity contribution < 1.29 is 18.6 Å². The predicted molar refractivity (Wildman–Crippen MR) is 113 cm³/mol. The number of hydrogen-bond acceptors (Lipinski definition) is 8. The number of imidazole rings is 1. The second-order valence-corrected chi connectivity index (χ2v) is 7.65. The van der Waals surface area contributed by atoms with Crippen LogP contribution in [0.3, 0.4) is 0 Å². The molecule has 0 amide bonds. The van der Waals surface area contributed by atoms with Gasteiger partial charge in [-0.15, -0.1) is 0 Å². The van der Waals surface area contributed by atoms with Gasteiger partial charge in [-0.05, 0) is 37.3 Å². The average Bonchev–Trinajstić information content (AvgIpc) is 3.20. The minimum atomic E-state index is -0.689. The minimum absolute atomic E-state index is 0.325. The summed E-state index contributed by atoms with van der Waals surface area (Å²) in [5.74, 6) is 0.617. The molecule has 3 aromatic rings. The second kappa shape index (κ2) is 9.06. The van der Waals surface area contributed by atoms with Gasteiger partial charge >= 0.3 is 0 Å². The number of halogens is 1. The van der Waals surface area contributed by atoms with E-state index in [1.165, 1.54) is 12.1 Å². The molecule has 0 radical (unpaired) electrons. The van der Waals surface area contributed by atoms with Crippen molar-refractivity contribution in [3.8, 4) is 22.6 Å². The van der Waals surface area contributed by atoms with Crippen LogP contribution in [0.5, 0.6) is 0 Å². The molecule has 0 aliphatic carbocycles. The SMILES string of the molecule is COCCNc1nccc(-c2[nH]c(C3OCC(C)(N)CO3)nc2-c2ccc(F)cc2)n1. The molecule has 31 heavy (non-hydrogen) atoms. The Hall–Kier alpha value is -2.92. The molecule has 1 aliphatic heterocycles. The van der Waals surface area contributed by atoms with Crippen LogP contribution < -0.4 is 11.1 Å². The fourth-order valence-electron chi connectivity index (χ4n) is 3.13. The van der Waals surface area contributed by atoms with Crippen LogP contribution in [-0.4, -0.2) is 59.0 Å². The van der Waals surface area contributed by atoms with Gasteiger partial charge in [0.25, 0.3) is 0 Å². The Morgan fingerprint density at radius 2 is 1.97 bits per heavy atom. The van der Waals surface area contributed by atoms with Gasteiger partial charge in [-0.3, -0.25) is 0 Å². The molecule has 4 N–H and O–H groups in total. The fraction of sp³-hybridized carbons (Fsp3) is 0.381. The maximum absolute atomic E-state index is 13.5. The molecular weight excluding hydrogens is 403 g/mol. The van der Waals surface area contributed by atoms with Gasteiger partial charge in [0, 0.05) is 25.4 Å². The minimum Gasteiger partial charge on any atom is -0.383 e. The number of hydrogen-bond donors (Lipinski definition) is 3. The fourth-order valence-corrected chi connectivity index (χ4v) is 3.13. The normalized spacial score (nSPS) is 21.2. The highest BCUT2D eigenvalue weighted by molar-refractivity contribution is 5.77. The van der Waals surface area contributed by atoms with Crippen LogP contribution in [0, 0.1) is 5.82 Å². The quantitative estimate of drug-likeness (QED) is 0.491. The van der Waals surface area contributed by atoms with Crippen LogP contribution >= 0.6 is 0 Å². The monoisotopic (exact) mass is 428 g/mol. The van der Waals surface area contributed by atoms with Crippen molar-refractivity contribution in [2.45, 2.75) is 18.8 Å². The summed E-state index contributed by atoms with van der Waals surface area (Å²) in [5.41, 5.74) is 8.11. The highest BCUT2D eigenvalue weighted by Gasteiger charge is 2.32. The summed E-state index contributed by atoms with van der Waals surface area (Å²) in [4.78, 5) is 16.8. The first-order chi connectivity index (χ1) is 14.9. The van der Waals surface area contributed by atoms with Gasteiger partial charge in [0.15, 0.2) is 5.82 Å². The van der Waals surface area contributed by atoms with Gasteiger partial charge in [-0.25, -0.2) is 19.3 Å². The maximum atomic E-state index is 13.5. The van der Waals surface area contributed by atoms with Crippen LogP contribution in [0.1, 0.15) is 19.0 Å². The Balaban J connectivity index is 1.69. The van der Waals surface area contributed by atoms with Crippen molar-refractivity contribution in [2.75, 3.05) is 38.8 Å². The Kier molecular flexibility index (Phi) is 6.23. The van der Waals surface area contributed by atoms with Crippen LogP contribution in [0.25, 0.3) is 22.6 Å². The summed E-state index contributed by atoms with van der Waals surface area (Å²) in [6.45, 7) is 3.63. The lowest BCUT2D eigenvalue weighted by molar-refractivity contribution is -0.211. The molecule has 1 aromatic carbocycles. The lowest BCUT2D eigenvalue weighted by Crippen LogP contribution is -2.50. The number of nitrogens with zero attached hydrogens (tertiary/aromatic N) is 3. The van der Waals surface area contributed by atoms with Gasteiger partial charge in [-0.2, -0.15) is 0 Å². The third-order valence-electron chi connectivity index (χ3n) is 4.69. The van der Waals surface area contributed by atoms with E-state index < -0.39 is 11.8 Å². The molecule has 0 atom stereocenters. The van der Waals surface area contributed by atoms with Crippen LogP contribution in [0.2, 0.25) is 0 Å². The number of methoxy groups -OCH3 is 1. The maximum Gasteiger partial charge on any atom is 0.223 e. The van der Waals surface area contributed by atoms with Crippen LogP contribution in [0.15, 0.2) is 36.5 Å². The molecule has 2 aromatic heterocycles. The number of benzene rings is 1. The van der Waals surface area contributed by atoms with Crippen molar-refractivity contribution in [3.05, 3.63) is 48.2 Å². The van der Waals surface area contributed by atoms with Crippen LogP contribution in [-0.2, 0) is 14.2 Å². The van der Waals surface area contributed by atoms with E-state index in [1.807, 2.05) is 6.92 Å². The van der Waals surface area contributed by atoms with E-state index >= 15 is 0 Å². The van der Waals surface area contributed by atoms with E-state index in [4.69, 9.17) is 24.9 Å². The summed E-state index contributed by atoms with van der Waals surface area (Å²) in [6.07, 6.45) is 0.964. The van der Waals surface area contributed by atoms with Crippen LogP contribution in [0.4, 0.5) is 10.3 Å². The Morgan fingerprint density at radius 3 is 2.68 bits per heavy atom. The number of nitrogens with one attached hydrogen (secondary N) is 2. The van der Waals surface area contributed by atoms with Gasteiger partial charge in [0.1, 0.15) is 5.82 Å². The van der Waals surface area contributed by atoms with Gasteiger partial charge in [0.05, 0.1) is 42.4 Å². The number of ether oxygens (including phenoxy) is 3. The molecule has 10 heteroatoms. The van der Waals surface area contributed by atoms with Gasteiger partial charge in [0.2, 0.25) is 12.2 Å². The molecular formula is C21H25FN6O3. The highest BCUT2D eigenvalue weighted by atomic mass is 19.1. The number of H-pyrrole nitrogens is 1. The second-order valence-electron chi connectivity index (χ2n) is 7.65. The smallest absolute Gasteiger partial charge is 0.223 e. The van der Waals surface area contributed by atoms with E-state index in [2.05, 4.69) is 20.3 Å². The summed E-state index contributed by atoms with van der Waals surface area (Å²) >= 11 is 0. The van der Waals surface area contributed by atoms with E-state index in [1.54, 1.807) is 31.5 Å². The van der Waals surface area contributed by atoms with Crippen molar-refractivity contribution in [1.82, 2.24) is 19.9 Å². The van der Waals surface area contributed by atoms with Gasteiger partial charge in [-0.1, -0.05) is 0 Å². The molecule has 0 bridgehead atoms. The van der Waals surface area contributed by atoms with Crippen molar-refractivity contribution in [1.29, 1.82) is 0 Å². The standard InChI is InChI=1S/C21H25FN6O3/c1-21(23)11-30-19(31-12-21)18-27-16(13-3-5-14(22)6-4-13)17(28-18)15-7-8-24-20(26-15)25-9-10-29-2/h3-8,19H,9-12,23H2,1-2H3,(H,27,28)(H,24,25,26). The zero-order valence-corrected chi connectivity index (χ0v) is 17.4. The zero-order valence-electron chi connectivity index (χ0n) is 17.4. The molecule has 1 fully saturated rings. The number of aromatic nitrogens is 4. The number of aromatic amines is 1. The lowest BCUT2D eigenvalue weighted by atomic mass is 10.1. The summed E-state index contributed by atoms with van der Waals surface area (Å²) in [5, 5.41) is 3.11. The zero-order chi connectivity index (χ0) is 21.8. The average molecular weight is 428 g/mol. The molecule has 4 rings (SSSR count). The summed E-state index contributed by atoms with van der Waals surface area (Å²) in [6, 6.07) is 7.87. The van der Waals surface area contributed by atoms with Crippen molar-refractivity contribution >= 4 is 5.95 Å². The third-order valence-corrected chi connectivity index (χ3v) is 4.69. The highest BCUT2D eigenvalue weighted by Crippen LogP contribution is 2.33. The van der Waals surface area contributed by atoms with Gasteiger partial charge < -0.3 is 30.2 Å². The molecule has 0 unspecified atom stereocenters. The predicted octanol–water partition coefficient (Wildman–Crippen LogP) is 2.49. The summed E-state index contributed by atoms with van der Waals surface area (Å²) in [7, 11) is 1.63. The first kappa shape index (κ1) is 21.3. The molecule has 1 aliphatic rings. The van der Waals surface area contributed by atoms with E-state index in [0.717, 1.165) is 5.56 Å². The van der Waals surface area contributed by atoms with Crippen molar-refractivity contribution in [3.63, 3.8) is 0 Å². The molecule has 0 saturated carbocycles. The number of anilines is 1. The van der Waals surface area contributed by atoms with E-state index in [-0.39, 0.29) is 5.82 Å². The molecule has 1 saturated heterocycles. The number of rotatable bonds is 7. The first-order valence-corrected chi connectivity index (χ1v) is 9.89. The van der Waals surface area contributed by atoms with Crippen molar-refractivity contribution in [2.24, 2.45) is 5.73 Å². The summed E-state index contributed by atoms with van der Waals surface area (Å²) < 4.78 is 30.1. The third kappa shape index (κ3) is 5.05. The molecule has 164 valence electrons. The first-order valence-electron chi connectivity index (χ1n) is 9.89.